The van der Waals surface area contributed by atoms with Crippen LogP contribution in [0.3, 0.4) is 0 Å². The molecule has 9 heteroatoms. The van der Waals surface area contributed by atoms with Crippen LogP contribution in [-0.4, -0.2) is 75.2 Å². The summed E-state index contributed by atoms with van der Waals surface area (Å²) in [5, 5.41) is 0.744. The van der Waals surface area contributed by atoms with Crippen molar-refractivity contribution in [2.75, 3.05) is 64.3 Å². The average molecular weight is 516 g/mol. The first kappa shape index (κ1) is 25.8. The van der Waals surface area contributed by atoms with Gasteiger partial charge in [0.1, 0.15) is 17.0 Å². The highest BCUT2D eigenvalue weighted by Gasteiger charge is 2.22. The van der Waals surface area contributed by atoms with Crippen LogP contribution < -0.4 is 14.4 Å². The Morgan fingerprint density at radius 1 is 1.14 bits per heavy atom. The number of thiazole rings is 1. The predicted octanol–water partition coefficient (Wildman–Crippen LogP) is 4.86. The number of thioether (sulfide) groups is 1. The van der Waals surface area contributed by atoms with E-state index in [4.69, 9.17) is 19.2 Å². The number of carbonyl (C=O) groups excluding carboxylic acids is 1. The predicted molar refractivity (Wildman–Crippen MR) is 143 cm³/mol. The Morgan fingerprint density at radius 3 is 2.63 bits per heavy atom. The van der Waals surface area contributed by atoms with Crippen molar-refractivity contribution in [3.05, 3.63) is 42.0 Å². The lowest BCUT2D eigenvalue weighted by molar-refractivity contribution is -0.118. The molecule has 0 radical (unpaired) electrons. The number of anilines is 1. The fraction of sp³-hybridized carbons (Fsp3) is 0.462. The van der Waals surface area contributed by atoms with E-state index in [9.17, 15) is 4.79 Å². The van der Waals surface area contributed by atoms with E-state index in [2.05, 4.69) is 11.8 Å². The smallest absolute Gasteiger partial charge is 0.229 e. The molecule has 2 heterocycles. The highest BCUT2D eigenvalue weighted by Crippen LogP contribution is 2.36. The number of methoxy groups -OCH3 is 2. The Balaban J connectivity index is 1.46. The van der Waals surface area contributed by atoms with E-state index in [0.29, 0.717) is 18.7 Å². The van der Waals surface area contributed by atoms with Gasteiger partial charge < -0.3 is 14.2 Å². The summed E-state index contributed by atoms with van der Waals surface area (Å²) in [5.41, 5.74) is 1.96. The topological polar surface area (TPSA) is 64.1 Å². The molecule has 0 aliphatic carbocycles. The van der Waals surface area contributed by atoms with Crippen LogP contribution in [0.5, 0.6) is 11.5 Å². The van der Waals surface area contributed by atoms with Crippen molar-refractivity contribution < 1.29 is 19.0 Å². The molecular weight excluding hydrogens is 482 g/mol. The molecular formula is C26H33N3O4S2. The monoisotopic (exact) mass is 515 g/mol. The van der Waals surface area contributed by atoms with Crippen molar-refractivity contribution >= 4 is 44.4 Å². The van der Waals surface area contributed by atoms with Gasteiger partial charge in [-0.3, -0.25) is 14.6 Å². The quantitative estimate of drug-likeness (QED) is 0.338. The minimum absolute atomic E-state index is 0.101. The van der Waals surface area contributed by atoms with Gasteiger partial charge in [-0.15, -0.1) is 11.8 Å². The van der Waals surface area contributed by atoms with E-state index in [-0.39, 0.29) is 5.91 Å². The first-order chi connectivity index (χ1) is 17.1. The largest absolute Gasteiger partial charge is 0.497 e. The van der Waals surface area contributed by atoms with Crippen molar-refractivity contribution in [1.29, 1.82) is 0 Å². The van der Waals surface area contributed by atoms with Crippen LogP contribution in [0.2, 0.25) is 0 Å². The molecule has 1 aliphatic heterocycles. The van der Waals surface area contributed by atoms with Crippen molar-refractivity contribution in [3.63, 3.8) is 0 Å². The molecule has 0 bridgehead atoms. The number of nitrogens with zero attached hydrogens (tertiary/aromatic N) is 3. The highest BCUT2D eigenvalue weighted by atomic mass is 32.2. The molecule has 7 nitrogen and oxygen atoms in total. The van der Waals surface area contributed by atoms with Gasteiger partial charge >= 0.3 is 0 Å². The van der Waals surface area contributed by atoms with E-state index < -0.39 is 0 Å². The maximum atomic E-state index is 13.4. The number of aryl methyl sites for hydroxylation is 1. The number of fused-ring (bicyclic) bond motifs is 1. The Bertz CT molecular complexity index is 1110. The number of morpholine rings is 1. The molecule has 0 spiro atoms. The van der Waals surface area contributed by atoms with Crippen LogP contribution in [0.1, 0.15) is 18.4 Å². The number of benzene rings is 2. The molecule has 1 fully saturated rings. The minimum atomic E-state index is 0.101. The van der Waals surface area contributed by atoms with E-state index >= 15 is 0 Å². The summed E-state index contributed by atoms with van der Waals surface area (Å²) in [5.74, 6) is 2.38. The van der Waals surface area contributed by atoms with Gasteiger partial charge in [-0.05, 0) is 49.2 Å². The third-order valence-corrected chi connectivity index (χ3v) is 8.28. The van der Waals surface area contributed by atoms with Crippen LogP contribution in [0.25, 0.3) is 10.2 Å². The number of aromatic nitrogens is 1. The first-order valence-electron chi connectivity index (χ1n) is 11.9. The second kappa shape index (κ2) is 12.6. The molecule has 35 heavy (non-hydrogen) atoms. The summed E-state index contributed by atoms with van der Waals surface area (Å²) in [4.78, 5) is 23.7. The van der Waals surface area contributed by atoms with Crippen molar-refractivity contribution in [1.82, 2.24) is 9.88 Å². The minimum Gasteiger partial charge on any atom is -0.497 e. The summed E-state index contributed by atoms with van der Waals surface area (Å²) in [7, 11) is 3.32. The zero-order chi connectivity index (χ0) is 24.6. The number of amides is 1. The van der Waals surface area contributed by atoms with Gasteiger partial charge in [0.2, 0.25) is 5.91 Å². The standard InChI is InChI=1S/C26H33N3O4S2/c1-19-5-10-22(32-3)24-25(19)35-26(27-24)29(13-4-12-28-14-16-33-17-15-28)23(30)11-18-34-21-8-6-20(31-2)7-9-21/h5-10H,4,11-18H2,1-3H3. The van der Waals surface area contributed by atoms with Gasteiger partial charge in [-0.2, -0.15) is 0 Å². The molecule has 0 saturated carbocycles. The number of hydrogen-bond acceptors (Lipinski definition) is 8. The summed E-state index contributed by atoms with van der Waals surface area (Å²) >= 11 is 3.25. The lowest BCUT2D eigenvalue weighted by atomic mass is 10.2. The lowest BCUT2D eigenvalue weighted by Gasteiger charge is -2.27. The van der Waals surface area contributed by atoms with E-state index in [1.54, 1.807) is 37.3 Å². The molecule has 1 aliphatic rings. The summed E-state index contributed by atoms with van der Waals surface area (Å²) in [6.45, 7) is 7.11. The molecule has 1 amide bonds. The van der Waals surface area contributed by atoms with Crippen LogP contribution in [0.4, 0.5) is 5.13 Å². The Hall–Kier alpha value is -2.33. The first-order valence-corrected chi connectivity index (χ1v) is 13.7. The molecule has 3 aromatic rings. The number of rotatable bonds is 11. The zero-order valence-corrected chi connectivity index (χ0v) is 22.3. The van der Waals surface area contributed by atoms with Gasteiger partial charge in [0.15, 0.2) is 5.13 Å². The van der Waals surface area contributed by atoms with Gasteiger partial charge in [0.05, 0.1) is 32.1 Å². The maximum Gasteiger partial charge on any atom is 0.229 e. The fourth-order valence-electron chi connectivity index (χ4n) is 4.05. The number of hydrogen-bond donors (Lipinski definition) is 0. The maximum absolute atomic E-state index is 13.4. The van der Waals surface area contributed by atoms with Crippen LogP contribution >= 0.6 is 23.1 Å². The molecule has 0 atom stereocenters. The molecule has 0 N–H and O–H groups in total. The molecule has 2 aromatic carbocycles. The van der Waals surface area contributed by atoms with E-state index in [1.807, 2.05) is 41.3 Å². The number of ether oxygens (including phenoxy) is 3. The van der Waals surface area contributed by atoms with Crippen molar-refractivity contribution in [3.8, 4) is 11.5 Å². The molecule has 0 unspecified atom stereocenters. The normalized spacial score (nSPS) is 14.3. The third-order valence-electron chi connectivity index (χ3n) is 6.05. The highest BCUT2D eigenvalue weighted by molar-refractivity contribution is 7.99. The second-order valence-electron chi connectivity index (χ2n) is 8.39. The van der Waals surface area contributed by atoms with Crippen LogP contribution in [-0.2, 0) is 9.53 Å². The van der Waals surface area contributed by atoms with Crippen molar-refractivity contribution in [2.24, 2.45) is 0 Å². The van der Waals surface area contributed by atoms with E-state index in [0.717, 1.165) is 76.6 Å². The van der Waals surface area contributed by atoms with Gasteiger partial charge in [0.25, 0.3) is 0 Å². The summed E-state index contributed by atoms with van der Waals surface area (Å²) < 4.78 is 17.3. The van der Waals surface area contributed by atoms with E-state index in [1.165, 1.54) is 0 Å². The fourth-order valence-corrected chi connectivity index (χ4v) is 5.98. The Labute approximate surface area is 215 Å². The zero-order valence-electron chi connectivity index (χ0n) is 20.6. The summed E-state index contributed by atoms with van der Waals surface area (Å²) in [6, 6.07) is 11.9. The molecule has 188 valence electrons. The van der Waals surface area contributed by atoms with Gasteiger partial charge in [-0.25, -0.2) is 4.98 Å². The molecule has 4 rings (SSSR count). The third kappa shape index (κ3) is 6.67. The second-order valence-corrected chi connectivity index (χ2v) is 10.5. The van der Waals surface area contributed by atoms with Gasteiger partial charge in [-0.1, -0.05) is 17.4 Å². The molecule has 1 aromatic heterocycles. The Morgan fingerprint density at radius 2 is 1.91 bits per heavy atom. The summed E-state index contributed by atoms with van der Waals surface area (Å²) in [6.07, 6.45) is 1.34. The SMILES string of the molecule is COc1ccc(SCCC(=O)N(CCCN2CCOCC2)c2nc3c(OC)ccc(C)c3s2)cc1. The van der Waals surface area contributed by atoms with Crippen LogP contribution in [0.15, 0.2) is 41.3 Å². The average Bonchev–Trinajstić information content (AvgIpc) is 3.34. The Kier molecular flexibility index (Phi) is 9.25. The lowest BCUT2D eigenvalue weighted by Crippen LogP contribution is -2.39. The molecule has 1 saturated heterocycles. The van der Waals surface area contributed by atoms with Crippen molar-refractivity contribution in [2.45, 2.75) is 24.7 Å². The van der Waals surface area contributed by atoms with Crippen LogP contribution in [0, 0.1) is 6.92 Å². The van der Waals surface area contributed by atoms with Gasteiger partial charge in [0, 0.05) is 43.2 Å². The number of carbonyl (C=O) groups is 1.